The predicted octanol–water partition coefficient (Wildman–Crippen LogP) is 4.93. The van der Waals surface area contributed by atoms with Crippen LogP contribution in [0.1, 0.15) is 30.6 Å². The maximum Gasteiger partial charge on any atom is 0.247 e. The Balaban J connectivity index is 1.45. The number of likely N-dealkylation sites (tertiary alicyclic amines) is 1. The molecule has 2 heterocycles. The van der Waals surface area contributed by atoms with Gasteiger partial charge in [-0.05, 0) is 68.1 Å². The number of nitriles is 1. The topological polar surface area (TPSA) is 114 Å². The summed E-state index contributed by atoms with van der Waals surface area (Å²) in [6.07, 6.45) is 3.91. The van der Waals surface area contributed by atoms with Crippen molar-refractivity contribution in [1.82, 2.24) is 15.1 Å². The van der Waals surface area contributed by atoms with Gasteiger partial charge in [-0.25, -0.2) is 4.99 Å². The number of anilines is 1. The summed E-state index contributed by atoms with van der Waals surface area (Å²) in [7, 11) is 1.68. The highest BCUT2D eigenvalue weighted by Gasteiger charge is 2.29. The number of aliphatic imine (C=N–C) groups is 1. The zero-order valence-corrected chi connectivity index (χ0v) is 22.6. The molecule has 0 saturated carbocycles. The van der Waals surface area contributed by atoms with E-state index < -0.39 is 6.04 Å². The van der Waals surface area contributed by atoms with Crippen LogP contribution in [-0.4, -0.2) is 53.8 Å². The molecular formula is C27H28Cl2N6O3. The van der Waals surface area contributed by atoms with Crippen molar-refractivity contribution in [3.05, 3.63) is 63.8 Å². The molecule has 1 atom stereocenters. The van der Waals surface area contributed by atoms with E-state index in [4.69, 9.17) is 27.6 Å². The molecule has 1 aromatic heterocycles. The molecule has 2 aromatic carbocycles. The van der Waals surface area contributed by atoms with Crippen LogP contribution in [0.2, 0.25) is 10.0 Å². The van der Waals surface area contributed by atoms with Gasteiger partial charge in [-0.3, -0.25) is 14.9 Å². The fourth-order valence-corrected chi connectivity index (χ4v) is 4.66. The van der Waals surface area contributed by atoms with Crippen LogP contribution in [0, 0.1) is 18.4 Å². The van der Waals surface area contributed by atoms with Crippen LogP contribution in [0.15, 0.2) is 51.9 Å². The van der Waals surface area contributed by atoms with Gasteiger partial charge in [0.15, 0.2) is 6.19 Å². The lowest BCUT2D eigenvalue weighted by atomic mass is 10.1. The predicted molar refractivity (Wildman–Crippen MR) is 148 cm³/mol. The van der Waals surface area contributed by atoms with Gasteiger partial charge in [-0.2, -0.15) is 5.26 Å². The van der Waals surface area contributed by atoms with E-state index in [0.29, 0.717) is 35.2 Å². The number of carbonyl (C=O) groups is 2. The third-order valence-corrected chi connectivity index (χ3v) is 7.01. The number of amides is 2. The largest absolute Gasteiger partial charge is 0.461 e. The summed E-state index contributed by atoms with van der Waals surface area (Å²) in [6.45, 7) is 2.60. The zero-order chi connectivity index (χ0) is 27.2. The van der Waals surface area contributed by atoms with Crippen LogP contribution in [0.25, 0.3) is 11.0 Å². The molecule has 0 spiro atoms. The summed E-state index contributed by atoms with van der Waals surface area (Å²) in [5.74, 6) is 0.503. The minimum absolute atomic E-state index is 0.0619. The lowest BCUT2D eigenvalue weighted by molar-refractivity contribution is -0.140. The van der Waals surface area contributed by atoms with Crippen LogP contribution in [0.4, 0.5) is 5.69 Å². The highest BCUT2D eigenvalue weighted by atomic mass is 35.5. The van der Waals surface area contributed by atoms with Crippen LogP contribution in [-0.2, 0) is 16.1 Å². The molecule has 11 heteroatoms. The number of hydrogen-bond acceptors (Lipinski definition) is 5. The molecule has 3 aromatic rings. The van der Waals surface area contributed by atoms with Crippen molar-refractivity contribution in [2.24, 2.45) is 4.99 Å². The smallest absolute Gasteiger partial charge is 0.247 e. The van der Waals surface area contributed by atoms with Gasteiger partial charge in [-0.15, -0.1) is 0 Å². The Bertz CT molecular complexity index is 1410. The van der Waals surface area contributed by atoms with E-state index in [1.54, 1.807) is 29.0 Å². The first-order valence-electron chi connectivity index (χ1n) is 12.2. The average molecular weight is 555 g/mol. The van der Waals surface area contributed by atoms with E-state index in [9.17, 15) is 14.9 Å². The number of nitrogens with zero attached hydrogens (tertiary/aromatic N) is 4. The summed E-state index contributed by atoms with van der Waals surface area (Å²) in [5.41, 5.74) is 2.28. The van der Waals surface area contributed by atoms with Crippen LogP contribution in [0.5, 0.6) is 0 Å². The molecule has 198 valence electrons. The summed E-state index contributed by atoms with van der Waals surface area (Å²) in [5, 5.41) is 16.7. The molecule has 2 amide bonds. The van der Waals surface area contributed by atoms with Crippen molar-refractivity contribution in [2.75, 3.05) is 25.5 Å². The fourth-order valence-electron chi connectivity index (χ4n) is 4.34. The number of fused-ring (bicyclic) bond motifs is 1. The number of aryl methyl sites for hydroxylation is 1. The van der Waals surface area contributed by atoms with Crippen molar-refractivity contribution in [3.63, 3.8) is 0 Å². The number of guanidine groups is 1. The van der Waals surface area contributed by atoms with Crippen LogP contribution >= 0.6 is 23.2 Å². The molecule has 0 aliphatic carbocycles. The molecule has 1 saturated heterocycles. The molecule has 1 aliphatic rings. The monoisotopic (exact) mass is 554 g/mol. The summed E-state index contributed by atoms with van der Waals surface area (Å²) >= 11 is 12.1. The average Bonchev–Trinajstić information content (AvgIpc) is 3.17. The minimum atomic E-state index is -0.728. The molecular weight excluding hydrogens is 527 g/mol. The second kappa shape index (κ2) is 12.2. The fraction of sp³-hybridized carbons (Fsp3) is 0.333. The molecule has 1 fully saturated rings. The molecule has 2 N–H and O–H groups in total. The Morgan fingerprint density at radius 3 is 2.79 bits per heavy atom. The maximum atomic E-state index is 13.4. The standard InChI is InChI=1S/C27H28Cl2N6O3/c1-17-11-19-13-20(7-9-24(19)38-17)32-27(31-16-30)33-23-5-3-4-10-35(26(23)37)15-25(36)34(2)14-18-6-8-21(28)22(29)12-18/h6-9,11-13,23H,3-5,10,14-15H2,1-2H3,(H2,31,32,33)/t23-/m0/s1. The first-order valence-corrected chi connectivity index (χ1v) is 13.0. The number of nitrogens with one attached hydrogen (secondary N) is 2. The van der Waals surface area contributed by atoms with Crippen molar-refractivity contribution in [3.8, 4) is 6.19 Å². The Kier molecular flexibility index (Phi) is 8.77. The van der Waals surface area contributed by atoms with E-state index >= 15 is 0 Å². The number of rotatable bonds is 6. The van der Waals surface area contributed by atoms with Crippen molar-refractivity contribution >= 4 is 57.6 Å². The number of likely N-dealkylation sites (N-methyl/N-ethyl adjacent to an activating group) is 1. The van der Waals surface area contributed by atoms with Gasteiger partial charge in [0.05, 0.1) is 16.6 Å². The van der Waals surface area contributed by atoms with E-state index in [-0.39, 0.29) is 24.3 Å². The lowest BCUT2D eigenvalue weighted by Gasteiger charge is -2.26. The Labute approximate surface area is 231 Å². The van der Waals surface area contributed by atoms with E-state index in [0.717, 1.165) is 35.1 Å². The Morgan fingerprint density at radius 2 is 2.03 bits per heavy atom. The van der Waals surface area contributed by atoms with Gasteiger partial charge < -0.3 is 19.5 Å². The highest BCUT2D eigenvalue weighted by Crippen LogP contribution is 2.24. The summed E-state index contributed by atoms with van der Waals surface area (Å²) in [6, 6.07) is 11.9. The number of furan rings is 1. The van der Waals surface area contributed by atoms with E-state index in [1.165, 1.54) is 0 Å². The normalized spacial score (nSPS) is 16.2. The van der Waals surface area contributed by atoms with Gasteiger partial charge >= 0.3 is 0 Å². The second-order valence-electron chi connectivity index (χ2n) is 9.22. The third-order valence-electron chi connectivity index (χ3n) is 6.27. The van der Waals surface area contributed by atoms with Gasteiger partial charge in [0, 0.05) is 31.2 Å². The first-order chi connectivity index (χ1) is 18.2. The molecule has 0 unspecified atom stereocenters. The Hall–Kier alpha value is -3.74. The molecule has 38 heavy (non-hydrogen) atoms. The van der Waals surface area contributed by atoms with Crippen LogP contribution < -0.4 is 10.6 Å². The molecule has 0 bridgehead atoms. The highest BCUT2D eigenvalue weighted by molar-refractivity contribution is 6.42. The van der Waals surface area contributed by atoms with Crippen LogP contribution in [0.3, 0.4) is 0 Å². The number of halogens is 2. The Morgan fingerprint density at radius 1 is 1.21 bits per heavy atom. The van der Waals surface area contributed by atoms with Crippen molar-refractivity contribution in [1.29, 1.82) is 5.26 Å². The lowest BCUT2D eigenvalue weighted by Crippen LogP contribution is -2.44. The molecule has 9 nitrogen and oxygen atoms in total. The first kappa shape index (κ1) is 27.3. The minimum Gasteiger partial charge on any atom is -0.461 e. The number of benzene rings is 2. The molecule has 0 radical (unpaired) electrons. The van der Waals surface area contributed by atoms with E-state index in [2.05, 4.69) is 15.6 Å². The second-order valence-corrected chi connectivity index (χ2v) is 10.0. The third kappa shape index (κ3) is 6.77. The molecule has 4 rings (SSSR count). The van der Waals surface area contributed by atoms with Crippen molar-refractivity contribution < 1.29 is 14.0 Å². The number of hydrogen-bond donors (Lipinski definition) is 2. The van der Waals surface area contributed by atoms with Gasteiger partial charge in [0.2, 0.25) is 17.8 Å². The molecule has 1 aliphatic heterocycles. The SMILES string of the molecule is Cc1cc2cc(NC(=N[C@H]3CCCCN(CC(=O)N(C)Cc4ccc(Cl)c(Cl)c4)C3=O)NC#N)ccc2o1. The van der Waals surface area contributed by atoms with E-state index in [1.807, 2.05) is 43.4 Å². The zero-order valence-electron chi connectivity index (χ0n) is 21.1. The van der Waals surface area contributed by atoms with Gasteiger partial charge in [0.25, 0.3) is 0 Å². The summed E-state index contributed by atoms with van der Waals surface area (Å²) < 4.78 is 5.61. The maximum absolute atomic E-state index is 13.4. The quantitative estimate of drug-likeness (QED) is 0.193. The van der Waals surface area contributed by atoms with Crippen molar-refractivity contribution in [2.45, 2.75) is 38.8 Å². The van der Waals surface area contributed by atoms with Gasteiger partial charge in [0.1, 0.15) is 17.4 Å². The van der Waals surface area contributed by atoms with Gasteiger partial charge in [-0.1, -0.05) is 29.3 Å². The number of carbonyl (C=O) groups excluding carboxylic acids is 2. The summed E-state index contributed by atoms with van der Waals surface area (Å²) in [4.78, 5) is 34.0.